The molecule has 1 aromatic rings. The predicted octanol–water partition coefficient (Wildman–Crippen LogP) is 2.33. The standard InChI is InChI=1S/C16H18FN3O/c1-10-13(17)6-11(9-18)7-14(10)20-15(21)12-8-16(12)2-4-19-5-3-16/h6-7,12,19H,2-5,8H2,1H3,(H,20,21). The molecule has 5 heteroatoms. The largest absolute Gasteiger partial charge is 0.325 e. The predicted molar refractivity (Wildman–Crippen MR) is 77.1 cm³/mol. The maximum absolute atomic E-state index is 13.7. The first-order chi connectivity index (χ1) is 10.1. The molecule has 110 valence electrons. The van der Waals surface area contributed by atoms with Crippen molar-refractivity contribution >= 4 is 11.6 Å². The molecule has 1 amide bonds. The molecule has 0 radical (unpaired) electrons. The van der Waals surface area contributed by atoms with Crippen LogP contribution in [0.25, 0.3) is 0 Å². The minimum atomic E-state index is -0.461. The number of carbonyl (C=O) groups is 1. The van der Waals surface area contributed by atoms with Gasteiger partial charge in [-0.05, 0) is 56.8 Å². The maximum Gasteiger partial charge on any atom is 0.228 e. The Kier molecular flexibility index (Phi) is 3.42. The van der Waals surface area contributed by atoms with Crippen molar-refractivity contribution in [1.29, 1.82) is 5.26 Å². The van der Waals surface area contributed by atoms with Crippen LogP contribution in [-0.4, -0.2) is 19.0 Å². The highest BCUT2D eigenvalue weighted by molar-refractivity contribution is 5.96. The van der Waals surface area contributed by atoms with Gasteiger partial charge in [0.1, 0.15) is 5.82 Å². The van der Waals surface area contributed by atoms with E-state index >= 15 is 0 Å². The summed E-state index contributed by atoms with van der Waals surface area (Å²) in [7, 11) is 0. The number of nitrogens with one attached hydrogen (secondary N) is 2. The Morgan fingerprint density at radius 3 is 2.86 bits per heavy atom. The molecule has 21 heavy (non-hydrogen) atoms. The zero-order chi connectivity index (χ0) is 15.0. The molecule has 0 aromatic heterocycles. The van der Waals surface area contributed by atoms with Crippen molar-refractivity contribution in [2.75, 3.05) is 18.4 Å². The van der Waals surface area contributed by atoms with Gasteiger partial charge in [-0.1, -0.05) is 0 Å². The lowest BCUT2D eigenvalue weighted by Crippen LogP contribution is -2.31. The molecule has 1 heterocycles. The fraction of sp³-hybridized carbons (Fsp3) is 0.500. The van der Waals surface area contributed by atoms with Gasteiger partial charge in [-0.3, -0.25) is 4.79 Å². The summed E-state index contributed by atoms with van der Waals surface area (Å²) in [4.78, 5) is 12.4. The summed E-state index contributed by atoms with van der Waals surface area (Å²) in [5.41, 5.74) is 1.16. The molecule has 1 atom stereocenters. The molecule has 3 rings (SSSR count). The Labute approximate surface area is 123 Å². The second-order valence-electron chi connectivity index (χ2n) is 6.10. The van der Waals surface area contributed by atoms with Crippen LogP contribution in [0.3, 0.4) is 0 Å². The molecule has 1 saturated carbocycles. The number of nitrogens with zero attached hydrogens (tertiary/aromatic N) is 1. The molecule has 2 aliphatic rings. The highest BCUT2D eigenvalue weighted by atomic mass is 19.1. The van der Waals surface area contributed by atoms with Gasteiger partial charge in [0.15, 0.2) is 0 Å². The van der Waals surface area contributed by atoms with Crippen LogP contribution in [0.5, 0.6) is 0 Å². The van der Waals surface area contributed by atoms with Crippen LogP contribution < -0.4 is 10.6 Å². The van der Waals surface area contributed by atoms with Gasteiger partial charge in [-0.2, -0.15) is 5.26 Å². The van der Waals surface area contributed by atoms with E-state index in [2.05, 4.69) is 10.6 Å². The molecular weight excluding hydrogens is 269 g/mol. The van der Waals surface area contributed by atoms with Gasteiger partial charge < -0.3 is 10.6 Å². The summed E-state index contributed by atoms with van der Waals surface area (Å²) in [5, 5.41) is 15.0. The third-order valence-electron chi connectivity index (χ3n) is 4.84. The minimum absolute atomic E-state index is 0.0211. The third kappa shape index (κ3) is 2.52. The second kappa shape index (κ2) is 5.12. The van der Waals surface area contributed by atoms with E-state index in [1.165, 1.54) is 12.1 Å². The highest BCUT2D eigenvalue weighted by Crippen LogP contribution is 2.58. The van der Waals surface area contributed by atoms with Crippen molar-refractivity contribution < 1.29 is 9.18 Å². The molecule has 0 bridgehead atoms. The maximum atomic E-state index is 13.7. The Hall–Kier alpha value is -1.93. The summed E-state index contributed by atoms with van der Waals surface area (Å²) < 4.78 is 13.7. The zero-order valence-corrected chi connectivity index (χ0v) is 12.0. The van der Waals surface area contributed by atoms with E-state index in [-0.39, 0.29) is 22.8 Å². The number of benzene rings is 1. The fourth-order valence-corrected chi connectivity index (χ4v) is 3.29. The SMILES string of the molecule is Cc1c(F)cc(C#N)cc1NC(=O)C1CC12CCNCC2. The quantitative estimate of drug-likeness (QED) is 0.877. The van der Waals surface area contributed by atoms with Crippen LogP contribution in [0.2, 0.25) is 0 Å². The number of halogens is 1. The van der Waals surface area contributed by atoms with E-state index in [0.29, 0.717) is 11.3 Å². The minimum Gasteiger partial charge on any atom is -0.325 e. The Morgan fingerprint density at radius 1 is 1.48 bits per heavy atom. The summed E-state index contributed by atoms with van der Waals surface area (Å²) >= 11 is 0. The molecule has 2 N–H and O–H groups in total. The molecule has 1 aromatic carbocycles. The van der Waals surface area contributed by atoms with Gasteiger partial charge in [0, 0.05) is 17.2 Å². The lowest BCUT2D eigenvalue weighted by molar-refractivity contribution is -0.118. The van der Waals surface area contributed by atoms with Crippen molar-refractivity contribution in [3.05, 3.63) is 29.1 Å². The summed E-state index contributed by atoms with van der Waals surface area (Å²) in [5.74, 6) is -0.487. The first-order valence-corrected chi connectivity index (χ1v) is 7.27. The van der Waals surface area contributed by atoms with Gasteiger partial charge in [-0.25, -0.2) is 4.39 Å². The summed E-state index contributed by atoms with van der Waals surface area (Å²) in [6.07, 6.45) is 2.97. The molecule has 2 fully saturated rings. The number of anilines is 1. The topological polar surface area (TPSA) is 64.9 Å². The van der Waals surface area contributed by atoms with Crippen LogP contribution >= 0.6 is 0 Å². The van der Waals surface area contributed by atoms with E-state index < -0.39 is 5.82 Å². The van der Waals surface area contributed by atoms with Crippen molar-refractivity contribution in [2.24, 2.45) is 11.3 Å². The van der Waals surface area contributed by atoms with Gasteiger partial charge in [-0.15, -0.1) is 0 Å². The number of carbonyl (C=O) groups excluding carboxylic acids is 1. The molecule has 1 aliphatic heterocycles. The van der Waals surface area contributed by atoms with Gasteiger partial charge in [0.2, 0.25) is 5.91 Å². The fourth-order valence-electron chi connectivity index (χ4n) is 3.29. The van der Waals surface area contributed by atoms with Gasteiger partial charge in [0.25, 0.3) is 0 Å². The van der Waals surface area contributed by atoms with Crippen LogP contribution in [0.1, 0.15) is 30.4 Å². The molecular formula is C16H18FN3O. The van der Waals surface area contributed by atoms with E-state index in [1.54, 1.807) is 6.92 Å². The summed E-state index contributed by atoms with van der Waals surface area (Å²) in [6.45, 7) is 3.53. The van der Waals surface area contributed by atoms with E-state index in [1.807, 2.05) is 6.07 Å². The molecule has 4 nitrogen and oxygen atoms in total. The average molecular weight is 287 g/mol. The van der Waals surface area contributed by atoms with E-state index in [0.717, 1.165) is 32.4 Å². The monoisotopic (exact) mass is 287 g/mol. The normalized spacial score (nSPS) is 22.6. The number of rotatable bonds is 2. The lowest BCUT2D eigenvalue weighted by Gasteiger charge is -2.23. The van der Waals surface area contributed by atoms with Crippen molar-refractivity contribution in [2.45, 2.75) is 26.2 Å². The molecule has 1 saturated heterocycles. The average Bonchev–Trinajstić information content (AvgIpc) is 3.17. The van der Waals surface area contributed by atoms with E-state index in [4.69, 9.17) is 5.26 Å². The smallest absolute Gasteiger partial charge is 0.228 e. The number of nitriles is 1. The third-order valence-corrected chi connectivity index (χ3v) is 4.84. The number of piperidine rings is 1. The van der Waals surface area contributed by atoms with Crippen molar-refractivity contribution in [3.63, 3.8) is 0 Å². The summed E-state index contributed by atoms with van der Waals surface area (Å²) in [6, 6.07) is 4.64. The van der Waals surface area contributed by atoms with Crippen molar-refractivity contribution in [3.8, 4) is 6.07 Å². The Bertz CT molecular complexity index is 629. The molecule has 1 aliphatic carbocycles. The number of hydrogen-bond donors (Lipinski definition) is 2. The zero-order valence-electron chi connectivity index (χ0n) is 12.0. The lowest BCUT2D eigenvalue weighted by atomic mass is 9.91. The first kappa shape index (κ1) is 14.0. The number of hydrogen-bond acceptors (Lipinski definition) is 3. The van der Waals surface area contributed by atoms with Crippen LogP contribution in [0.4, 0.5) is 10.1 Å². The second-order valence-corrected chi connectivity index (χ2v) is 6.10. The molecule has 1 spiro atoms. The molecule has 1 unspecified atom stereocenters. The van der Waals surface area contributed by atoms with Crippen LogP contribution in [-0.2, 0) is 4.79 Å². The van der Waals surface area contributed by atoms with Gasteiger partial charge in [0.05, 0.1) is 11.6 Å². The van der Waals surface area contributed by atoms with Crippen LogP contribution in [0.15, 0.2) is 12.1 Å². The van der Waals surface area contributed by atoms with Crippen molar-refractivity contribution in [1.82, 2.24) is 5.32 Å². The first-order valence-electron chi connectivity index (χ1n) is 7.27. The Balaban J connectivity index is 1.74. The Morgan fingerprint density at radius 2 is 2.19 bits per heavy atom. The number of amides is 1. The van der Waals surface area contributed by atoms with E-state index in [9.17, 15) is 9.18 Å². The van der Waals surface area contributed by atoms with Crippen LogP contribution in [0, 0.1) is 35.4 Å². The highest BCUT2D eigenvalue weighted by Gasteiger charge is 2.57. The van der Waals surface area contributed by atoms with Gasteiger partial charge >= 0.3 is 0 Å².